The fraction of sp³-hybridized carbons (Fsp3) is 0.444. The highest BCUT2D eigenvalue weighted by atomic mass is 16.5. The van der Waals surface area contributed by atoms with Crippen LogP contribution in [0, 0.1) is 13.8 Å². The first-order valence-corrected chi connectivity index (χ1v) is 8.62. The quantitative estimate of drug-likeness (QED) is 0.779. The fourth-order valence-electron chi connectivity index (χ4n) is 2.86. The lowest BCUT2D eigenvalue weighted by Crippen LogP contribution is -2.16. The van der Waals surface area contributed by atoms with Crippen LogP contribution in [0.1, 0.15) is 54.2 Å². The molecule has 1 aliphatic carbocycles. The topological polar surface area (TPSA) is 92.9 Å². The second-order valence-electron chi connectivity index (χ2n) is 6.25. The summed E-state index contributed by atoms with van der Waals surface area (Å²) in [6, 6.07) is 3.31. The summed E-state index contributed by atoms with van der Waals surface area (Å²) in [4.78, 5) is 20.9. The van der Waals surface area contributed by atoms with Gasteiger partial charge < -0.3 is 15.2 Å². The van der Waals surface area contributed by atoms with Crippen LogP contribution in [-0.2, 0) is 0 Å². The van der Waals surface area contributed by atoms with Crippen molar-refractivity contribution >= 4 is 17.5 Å². The van der Waals surface area contributed by atoms with Crippen LogP contribution < -0.4 is 10.6 Å². The van der Waals surface area contributed by atoms with E-state index in [0.717, 1.165) is 13.0 Å². The molecule has 0 aliphatic heterocycles. The molecule has 0 saturated heterocycles. The summed E-state index contributed by atoms with van der Waals surface area (Å²) in [6.07, 6.45) is 8.30. The molecule has 7 nitrogen and oxygen atoms in total. The van der Waals surface area contributed by atoms with Crippen LogP contribution in [0.15, 0.2) is 28.3 Å². The third-order valence-electron chi connectivity index (χ3n) is 4.08. The maximum atomic E-state index is 12.3. The molecule has 0 atom stereocenters. The molecule has 2 aromatic heterocycles. The maximum absolute atomic E-state index is 12.3. The summed E-state index contributed by atoms with van der Waals surface area (Å²) in [5.74, 6) is 1.87. The van der Waals surface area contributed by atoms with E-state index in [2.05, 4.69) is 31.8 Å². The van der Waals surface area contributed by atoms with Gasteiger partial charge in [-0.15, -0.1) is 0 Å². The van der Waals surface area contributed by atoms with Crippen molar-refractivity contribution in [1.82, 2.24) is 15.1 Å². The van der Waals surface area contributed by atoms with Gasteiger partial charge in [-0.2, -0.15) is 0 Å². The third-order valence-corrected chi connectivity index (χ3v) is 4.08. The number of carbonyl (C=O) groups is 1. The minimum atomic E-state index is -0.336. The van der Waals surface area contributed by atoms with Gasteiger partial charge in [0.1, 0.15) is 23.1 Å². The predicted molar refractivity (Wildman–Crippen MR) is 95.6 cm³/mol. The average molecular weight is 341 g/mol. The molecule has 0 bridgehead atoms. The number of amides is 1. The second-order valence-corrected chi connectivity index (χ2v) is 6.25. The fourth-order valence-corrected chi connectivity index (χ4v) is 2.86. The van der Waals surface area contributed by atoms with Gasteiger partial charge in [0.2, 0.25) is 0 Å². The Morgan fingerprint density at radius 1 is 1.20 bits per heavy atom. The van der Waals surface area contributed by atoms with Gasteiger partial charge in [0.05, 0.1) is 0 Å². The molecule has 1 aliphatic rings. The van der Waals surface area contributed by atoms with Crippen molar-refractivity contribution < 1.29 is 9.32 Å². The van der Waals surface area contributed by atoms with Gasteiger partial charge >= 0.3 is 0 Å². The first-order valence-electron chi connectivity index (χ1n) is 8.62. The van der Waals surface area contributed by atoms with E-state index < -0.39 is 0 Å². The van der Waals surface area contributed by atoms with Gasteiger partial charge in [-0.05, 0) is 46.0 Å². The number of aromatic nitrogens is 3. The highest BCUT2D eigenvalue weighted by Crippen LogP contribution is 2.20. The number of nitrogens with one attached hydrogen (secondary N) is 2. The van der Waals surface area contributed by atoms with Crippen LogP contribution in [0.3, 0.4) is 0 Å². The standard InChI is InChI=1S/C18H23N5O2/c1-12-10-17(23-25-12)22-18(24)15-11-16(21-13(2)20-15)19-9-8-14-6-4-3-5-7-14/h6,10-11H,3-5,7-9H2,1-2H3,(H,19,20,21)(H,22,23,24). The van der Waals surface area contributed by atoms with E-state index in [1.807, 2.05) is 0 Å². The van der Waals surface area contributed by atoms with Crippen molar-refractivity contribution in [3.8, 4) is 0 Å². The van der Waals surface area contributed by atoms with E-state index in [0.29, 0.717) is 28.9 Å². The lowest BCUT2D eigenvalue weighted by Gasteiger charge is -2.13. The zero-order valence-electron chi connectivity index (χ0n) is 14.6. The Morgan fingerprint density at radius 3 is 2.80 bits per heavy atom. The third kappa shape index (κ3) is 4.89. The zero-order chi connectivity index (χ0) is 17.6. The van der Waals surface area contributed by atoms with Gasteiger partial charge in [0.25, 0.3) is 5.91 Å². The van der Waals surface area contributed by atoms with Crippen molar-refractivity contribution in [3.63, 3.8) is 0 Å². The number of carbonyl (C=O) groups excluding carboxylic acids is 1. The molecule has 132 valence electrons. The SMILES string of the molecule is Cc1nc(NCCC2=CCCCC2)cc(C(=O)Nc2cc(C)on2)n1. The molecular weight excluding hydrogens is 318 g/mol. The van der Waals surface area contributed by atoms with Crippen LogP contribution in [0.4, 0.5) is 11.6 Å². The summed E-state index contributed by atoms with van der Waals surface area (Å²) < 4.78 is 4.94. The summed E-state index contributed by atoms with van der Waals surface area (Å²) in [5.41, 5.74) is 1.80. The first-order chi connectivity index (χ1) is 12.1. The van der Waals surface area contributed by atoms with E-state index in [9.17, 15) is 4.79 Å². The molecule has 0 radical (unpaired) electrons. The van der Waals surface area contributed by atoms with Crippen molar-refractivity contribution in [1.29, 1.82) is 0 Å². The molecule has 3 rings (SSSR count). The summed E-state index contributed by atoms with van der Waals surface area (Å²) >= 11 is 0. The largest absolute Gasteiger partial charge is 0.370 e. The number of aryl methyl sites for hydroxylation is 2. The number of hydrogen-bond acceptors (Lipinski definition) is 6. The Kier molecular flexibility index (Phi) is 5.42. The van der Waals surface area contributed by atoms with Crippen molar-refractivity contribution in [2.45, 2.75) is 46.0 Å². The lowest BCUT2D eigenvalue weighted by molar-refractivity contribution is 0.102. The minimum Gasteiger partial charge on any atom is -0.370 e. The Morgan fingerprint density at radius 2 is 2.08 bits per heavy atom. The van der Waals surface area contributed by atoms with Crippen LogP contribution >= 0.6 is 0 Å². The van der Waals surface area contributed by atoms with Crippen LogP contribution in [0.2, 0.25) is 0 Å². The molecule has 0 fully saturated rings. The molecular formula is C18H23N5O2. The average Bonchev–Trinajstić information content (AvgIpc) is 3.00. The Hall–Kier alpha value is -2.70. The molecule has 0 spiro atoms. The normalized spacial score (nSPS) is 14.1. The monoisotopic (exact) mass is 341 g/mol. The molecule has 7 heteroatoms. The summed E-state index contributed by atoms with van der Waals surface area (Å²) in [7, 11) is 0. The maximum Gasteiger partial charge on any atom is 0.275 e. The van der Waals surface area contributed by atoms with E-state index in [-0.39, 0.29) is 5.91 Å². The van der Waals surface area contributed by atoms with Gasteiger partial charge in [0.15, 0.2) is 5.82 Å². The number of hydrogen-bond donors (Lipinski definition) is 2. The highest BCUT2D eigenvalue weighted by molar-refractivity contribution is 6.02. The number of nitrogens with zero attached hydrogens (tertiary/aromatic N) is 3. The molecule has 0 saturated carbocycles. The van der Waals surface area contributed by atoms with Gasteiger partial charge in [0, 0.05) is 18.7 Å². The highest BCUT2D eigenvalue weighted by Gasteiger charge is 2.13. The second kappa shape index (κ2) is 7.92. The Balaban J connectivity index is 1.61. The van der Waals surface area contributed by atoms with E-state index in [1.165, 1.54) is 31.3 Å². The zero-order valence-corrected chi connectivity index (χ0v) is 14.6. The summed E-state index contributed by atoms with van der Waals surface area (Å²) in [5, 5.41) is 9.72. The molecule has 2 aromatic rings. The number of anilines is 2. The molecule has 0 unspecified atom stereocenters. The van der Waals surface area contributed by atoms with Crippen molar-refractivity contribution in [2.24, 2.45) is 0 Å². The Labute approximate surface area is 146 Å². The van der Waals surface area contributed by atoms with Gasteiger partial charge in [-0.3, -0.25) is 4.79 Å². The summed E-state index contributed by atoms with van der Waals surface area (Å²) in [6.45, 7) is 4.33. The molecule has 2 N–H and O–H groups in total. The van der Waals surface area contributed by atoms with E-state index in [1.54, 1.807) is 26.0 Å². The van der Waals surface area contributed by atoms with E-state index in [4.69, 9.17) is 4.52 Å². The van der Waals surface area contributed by atoms with Gasteiger partial charge in [-0.1, -0.05) is 16.8 Å². The molecule has 0 aromatic carbocycles. The van der Waals surface area contributed by atoms with Crippen LogP contribution in [0.25, 0.3) is 0 Å². The van der Waals surface area contributed by atoms with Gasteiger partial charge in [-0.25, -0.2) is 9.97 Å². The predicted octanol–water partition coefficient (Wildman–Crippen LogP) is 3.64. The van der Waals surface area contributed by atoms with Crippen molar-refractivity contribution in [3.05, 3.63) is 41.1 Å². The Bertz CT molecular complexity index is 782. The van der Waals surface area contributed by atoms with Crippen LogP contribution in [-0.4, -0.2) is 27.6 Å². The minimum absolute atomic E-state index is 0.299. The number of rotatable bonds is 6. The lowest BCUT2D eigenvalue weighted by atomic mass is 9.97. The number of allylic oxidation sites excluding steroid dienone is 1. The molecule has 2 heterocycles. The molecule has 1 amide bonds. The molecule has 25 heavy (non-hydrogen) atoms. The van der Waals surface area contributed by atoms with E-state index >= 15 is 0 Å². The van der Waals surface area contributed by atoms with Crippen LogP contribution in [0.5, 0.6) is 0 Å². The smallest absolute Gasteiger partial charge is 0.275 e. The first kappa shape index (κ1) is 17.1. The van der Waals surface area contributed by atoms with Crippen molar-refractivity contribution in [2.75, 3.05) is 17.2 Å².